The zero-order valence-electron chi connectivity index (χ0n) is 22.5. The van der Waals surface area contributed by atoms with Crippen LogP contribution in [-0.2, 0) is 0 Å². The fraction of sp³-hybridized carbons (Fsp3) is 0.483. The molecule has 0 amide bonds. The molecule has 204 valence electrons. The van der Waals surface area contributed by atoms with Gasteiger partial charge in [0.25, 0.3) is 0 Å². The van der Waals surface area contributed by atoms with Gasteiger partial charge in [-0.15, -0.1) is 5.69 Å². The maximum atomic E-state index is 14.2. The van der Waals surface area contributed by atoms with Crippen LogP contribution in [0.2, 0.25) is 0 Å². The lowest BCUT2D eigenvalue weighted by Gasteiger charge is -2.35. The minimum absolute atomic E-state index is 0.0302. The number of benzene rings is 2. The molecule has 0 heterocycles. The number of nitrogens with zero attached hydrogens (tertiary/aromatic N) is 2. The zero-order valence-corrected chi connectivity index (χ0v) is 22.5. The van der Waals surface area contributed by atoms with Gasteiger partial charge in [-0.1, -0.05) is 109 Å². The Kier molecular flexibility index (Phi) is 9.66. The van der Waals surface area contributed by atoms with Crippen molar-refractivity contribution in [2.75, 3.05) is 0 Å². The highest BCUT2D eigenvalue weighted by Crippen LogP contribution is 2.44. The Hall–Kier alpha value is -2.77. The summed E-state index contributed by atoms with van der Waals surface area (Å²) in [6.45, 7) is 14.4. The van der Waals surface area contributed by atoms with E-state index in [9.17, 15) is 26.3 Å². The number of halogens is 6. The molecule has 0 unspecified atom stereocenters. The van der Waals surface area contributed by atoms with Gasteiger partial charge in [0.1, 0.15) is 5.71 Å². The SMILES string of the molecule is CC(C)c1cccc(C(C)C)c1N=C(/C=C(/[N-]c1c(C(C)C)cccc1C(C)C)C(F)(F)F)C(F)(F)F. The smallest absolute Gasteiger partial charge is 0.433 e. The molecule has 0 atom stereocenters. The molecule has 0 aliphatic carbocycles. The number of alkyl halides is 6. The Morgan fingerprint density at radius 2 is 1.03 bits per heavy atom. The second-order valence-electron chi connectivity index (χ2n) is 10.3. The van der Waals surface area contributed by atoms with Crippen LogP contribution in [-0.4, -0.2) is 18.1 Å². The Morgan fingerprint density at radius 1 is 0.649 bits per heavy atom. The molecule has 2 rings (SSSR count). The summed E-state index contributed by atoms with van der Waals surface area (Å²) >= 11 is 0. The van der Waals surface area contributed by atoms with Gasteiger partial charge in [0.2, 0.25) is 0 Å². The summed E-state index contributed by atoms with van der Waals surface area (Å²) in [5.41, 5.74) is -1.10. The molecule has 0 fully saturated rings. The summed E-state index contributed by atoms with van der Waals surface area (Å²) in [6, 6.07) is 10.0. The molecule has 8 heteroatoms. The zero-order chi connectivity index (χ0) is 28.3. The quantitative estimate of drug-likeness (QED) is 0.242. The standard InChI is InChI=1S/C29H35F6N2/c1-16(2)20-11-9-12-21(17(3)4)26(20)36-24(28(30,31)32)15-25(29(33,34)35)37-27-22(18(5)6)13-10-14-23(27)19(7)8/h9-19H,1-8H3/q-1/b24-15+,37-25?. The second-order valence-corrected chi connectivity index (χ2v) is 10.3. The van der Waals surface area contributed by atoms with Gasteiger partial charge in [0.15, 0.2) is 0 Å². The number of hydrogen-bond acceptors (Lipinski definition) is 1. The van der Waals surface area contributed by atoms with Crippen LogP contribution >= 0.6 is 0 Å². The fourth-order valence-corrected chi connectivity index (χ4v) is 4.01. The number of aliphatic imine (C=N–C) groups is 1. The summed E-state index contributed by atoms with van der Waals surface area (Å²) in [4.78, 5) is 3.84. The maximum absolute atomic E-state index is 14.2. The molecular formula is C29H35F6N2-. The number of rotatable bonds is 8. The molecule has 2 aromatic rings. The van der Waals surface area contributed by atoms with E-state index in [-0.39, 0.29) is 41.1 Å². The van der Waals surface area contributed by atoms with Crippen molar-refractivity contribution >= 4 is 17.1 Å². The second kappa shape index (κ2) is 11.7. The summed E-state index contributed by atoms with van der Waals surface area (Å²) < 4.78 is 85.1. The highest BCUT2D eigenvalue weighted by atomic mass is 19.4. The average Bonchev–Trinajstić information content (AvgIpc) is 2.75. The van der Waals surface area contributed by atoms with Crippen LogP contribution in [0.3, 0.4) is 0 Å². The van der Waals surface area contributed by atoms with Crippen LogP contribution < -0.4 is 0 Å². The number of allylic oxidation sites excluding steroid dienone is 2. The summed E-state index contributed by atoms with van der Waals surface area (Å²) in [5, 5.41) is 3.84. The van der Waals surface area contributed by atoms with Crippen molar-refractivity contribution < 1.29 is 26.3 Å². The average molecular weight is 526 g/mol. The number of para-hydroxylation sites is 2. The van der Waals surface area contributed by atoms with Crippen molar-refractivity contribution in [3.8, 4) is 0 Å². The van der Waals surface area contributed by atoms with Gasteiger partial charge in [-0.3, -0.25) is 0 Å². The molecule has 2 aromatic carbocycles. The summed E-state index contributed by atoms with van der Waals surface area (Å²) in [5.74, 6) is -0.744. The third-order valence-corrected chi connectivity index (χ3v) is 6.00. The lowest BCUT2D eigenvalue weighted by molar-refractivity contribution is -0.0892. The van der Waals surface area contributed by atoms with Crippen LogP contribution in [0.4, 0.5) is 37.7 Å². The van der Waals surface area contributed by atoms with Gasteiger partial charge in [-0.25, -0.2) is 4.99 Å². The predicted molar refractivity (Wildman–Crippen MR) is 140 cm³/mol. The maximum Gasteiger partial charge on any atom is 0.433 e. The van der Waals surface area contributed by atoms with E-state index >= 15 is 0 Å². The normalized spacial score (nSPS) is 13.9. The van der Waals surface area contributed by atoms with Crippen molar-refractivity contribution in [1.29, 1.82) is 0 Å². The van der Waals surface area contributed by atoms with Crippen molar-refractivity contribution in [1.82, 2.24) is 0 Å². The van der Waals surface area contributed by atoms with Gasteiger partial charge in [-0.2, -0.15) is 26.3 Å². The van der Waals surface area contributed by atoms with Crippen LogP contribution in [0.25, 0.3) is 5.32 Å². The lowest BCUT2D eigenvalue weighted by atomic mass is 9.92. The predicted octanol–water partition coefficient (Wildman–Crippen LogP) is 11.0. The molecule has 0 bridgehead atoms. The highest BCUT2D eigenvalue weighted by molar-refractivity contribution is 6.02. The van der Waals surface area contributed by atoms with E-state index in [4.69, 9.17) is 0 Å². The minimum Gasteiger partial charge on any atom is -0.654 e. The Bertz CT molecular complexity index is 1080. The van der Waals surface area contributed by atoms with Gasteiger partial charge in [0, 0.05) is 0 Å². The van der Waals surface area contributed by atoms with Crippen molar-refractivity contribution in [3.05, 3.63) is 75.7 Å². The first-order valence-corrected chi connectivity index (χ1v) is 12.4. The Labute approximate surface area is 215 Å². The highest BCUT2D eigenvalue weighted by Gasteiger charge is 2.37. The van der Waals surface area contributed by atoms with Crippen LogP contribution in [0.15, 0.2) is 53.2 Å². The van der Waals surface area contributed by atoms with E-state index in [0.29, 0.717) is 22.3 Å². The van der Waals surface area contributed by atoms with Gasteiger partial charge < -0.3 is 5.32 Å². The molecule has 0 saturated carbocycles. The van der Waals surface area contributed by atoms with E-state index < -0.39 is 23.8 Å². The molecule has 0 N–H and O–H groups in total. The summed E-state index contributed by atoms with van der Waals surface area (Å²) in [7, 11) is 0. The van der Waals surface area contributed by atoms with Crippen LogP contribution in [0, 0.1) is 0 Å². The van der Waals surface area contributed by atoms with E-state index in [1.54, 1.807) is 91.8 Å². The van der Waals surface area contributed by atoms with Gasteiger partial charge in [-0.05, 0) is 40.9 Å². The summed E-state index contributed by atoms with van der Waals surface area (Å²) in [6.07, 6.45) is -10.2. The fourth-order valence-electron chi connectivity index (χ4n) is 4.01. The first-order chi connectivity index (χ1) is 16.9. The van der Waals surface area contributed by atoms with Crippen LogP contribution in [0.5, 0.6) is 0 Å². The van der Waals surface area contributed by atoms with Crippen molar-refractivity contribution in [2.24, 2.45) is 4.99 Å². The topological polar surface area (TPSA) is 26.5 Å². The number of hydrogen-bond donors (Lipinski definition) is 0. The molecule has 0 spiro atoms. The Morgan fingerprint density at radius 3 is 1.35 bits per heavy atom. The minimum atomic E-state index is -5.14. The first kappa shape index (κ1) is 30.5. The van der Waals surface area contributed by atoms with E-state index in [1.165, 1.54) is 0 Å². The van der Waals surface area contributed by atoms with Gasteiger partial charge in [0.05, 0.1) is 5.69 Å². The molecule has 0 aromatic heterocycles. The third kappa shape index (κ3) is 7.62. The first-order valence-electron chi connectivity index (χ1n) is 12.4. The van der Waals surface area contributed by atoms with E-state index in [2.05, 4.69) is 10.3 Å². The van der Waals surface area contributed by atoms with Crippen molar-refractivity contribution in [3.63, 3.8) is 0 Å². The molecular weight excluding hydrogens is 490 g/mol. The molecule has 37 heavy (non-hydrogen) atoms. The molecule has 0 aliphatic heterocycles. The molecule has 0 saturated heterocycles. The Balaban J connectivity index is 2.86. The largest absolute Gasteiger partial charge is 0.654 e. The van der Waals surface area contributed by atoms with E-state index in [1.807, 2.05) is 0 Å². The molecule has 0 aliphatic rings. The lowest BCUT2D eigenvalue weighted by Crippen LogP contribution is -2.23. The molecule has 0 radical (unpaired) electrons. The van der Waals surface area contributed by atoms with E-state index in [0.717, 1.165) is 0 Å². The third-order valence-electron chi connectivity index (χ3n) is 6.00. The van der Waals surface area contributed by atoms with Gasteiger partial charge >= 0.3 is 12.4 Å². The monoisotopic (exact) mass is 525 g/mol. The molecule has 2 nitrogen and oxygen atoms in total. The van der Waals surface area contributed by atoms with Crippen molar-refractivity contribution in [2.45, 2.75) is 91.4 Å². The van der Waals surface area contributed by atoms with Crippen LogP contribution in [0.1, 0.15) is 101 Å².